The minimum absolute atomic E-state index is 0.0263. The molecule has 18 heavy (non-hydrogen) atoms. The van der Waals surface area contributed by atoms with Crippen molar-refractivity contribution in [2.75, 3.05) is 6.54 Å². The predicted octanol–water partition coefficient (Wildman–Crippen LogP) is 1.96. The quantitative estimate of drug-likeness (QED) is 0.897. The number of amides is 1. The van der Waals surface area contributed by atoms with Gasteiger partial charge in [0.25, 0.3) is 0 Å². The zero-order chi connectivity index (χ0) is 13.9. The van der Waals surface area contributed by atoms with E-state index in [1.165, 1.54) is 6.92 Å². The Balaban J connectivity index is 3.23. The van der Waals surface area contributed by atoms with E-state index in [4.69, 9.17) is 5.11 Å². The van der Waals surface area contributed by atoms with Crippen molar-refractivity contribution in [3.63, 3.8) is 0 Å². The molecule has 1 unspecified atom stereocenters. The smallest absolute Gasteiger partial charge is 0.331 e. The van der Waals surface area contributed by atoms with Crippen LogP contribution in [0.2, 0.25) is 0 Å². The standard InChI is InChI=1S/C12H13F2NO3/c1-3-15(7(2)16)11(12(17)18)8-4-5-9(13)10(14)6-8/h4-6,11H,3H2,1-2H3,(H,17,18). The number of carboxylic acids is 1. The summed E-state index contributed by atoms with van der Waals surface area (Å²) in [5.41, 5.74) is 0.0263. The van der Waals surface area contributed by atoms with Crippen LogP contribution in [0.15, 0.2) is 18.2 Å². The summed E-state index contributed by atoms with van der Waals surface area (Å²) in [6.07, 6.45) is 0. The zero-order valence-electron chi connectivity index (χ0n) is 9.98. The van der Waals surface area contributed by atoms with Gasteiger partial charge in [0.2, 0.25) is 5.91 Å². The number of nitrogens with zero attached hydrogens (tertiary/aromatic N) is 1. The molecule has 0 spiro atoms. The number of rotatable bonds is 4. The number of carboxylic acid groups (broad SMARTS) is 1. The van der Waals surface area contributed by atoms with Crippen LogP contribution >= 0.6 is 0 Å². The Kier molecular flexibility index (Phi) is 4.36. The highest BCUT2D eigenvalue weighted by Crippen LogP contribution is 2.23. The van der Waals surface area contributed by atoms with Gasteiger partial charge in [-0.25, -0.2) is 13.6 Å². The highest BCUT2D eigenvalue weighted by atomic mass is 19.2. The summed E-state index contributed by atoms with van der Waals surface area (Å²) >= 11 is 0. The summed E-state index contributed by atoms with van der Waals surface area (Å²) in [6.45, 7) is 2.99. The molecule has 1 rings (SSSR count). The van der Waals surface area contributed by atoms with Gasteiger partial charge in [-0.3, -0.25) is 4.79 Å². The van der Waals surface area contributed by atoms with Crippen molar-refractivity contribution in [3.05, 3.63) is 35.4 Å². The Bertz CT molecular complexity index is 476. The number of carbonyl (C=O) groups is 2. The SMILES string of the molecule is CCN(C(C)=O)C(C(=O)O)c1ccc(F)c(F)c1. The molecule has 0 aliphatic carbocycles. The van der Waals surface area contributed by atoms with Crippen LogP contribution in [-0.2, 0) is 9.59 Å². The fraction of sp³-hybridized carbons (Fsp3) is 0.333. The monoisotopic (exact) mass is 257 g/mol. The predicted molar refractivity (Wildman–Crippen MR) is 59.8 cm³/mol. The normalized spacial score (nSPS) is 12.0. The summed E-state index contributed by atoms with van der Waals surface area (Å²) in [6, 6.07) is 1.47. The molecule has 4 nitrogen and oxygen atoms in total. The van der Waals surface area contributed by atoms with Crippen molar-refractivity contribution in [2.45, 2.75) is 19.9 Å². The fourth-order valence-corrected chi connectivity index (χ4v) is 1.73. The molecule has 1 aromatic carbocycles. The molecule has 1 aromatic rings. The highest BCUT2D eigenvalue weighted by molar-refractivity contribution is 5.83. The van der Waals surface area contributed by atoms with Crippen LogP contribution in [0.3, 0.4) is 0 Å². The van der Waals surface area contributed by atoms with Gasteiger partial charge in [-0.1, -0.05) is 6.07 Å². The summed E-state index contributed by atoms with van der Waals surface area (Å²) in [5.74, 6) is -3.94. The third kappa shape index (κ3) is 2.82. The van der Waals surface area contributed by atoms with Crippen molar-refractivity contribution in [3.8, 4) is 0 Å². The van der Waals surface area contributed by atoms with E-state index >= 15 is 0 Å². The van der Waals surface area contributed by atoms with E-state index in [1.54, 1.807) is 6.92 Å². The van der Waals surface area contributed by atoms with Crippen LogP contribution in [-0.4, -0.2) is 28.4 Å². The first-order valence-electron chi connectivity index (χ1n) is 5.33. The van der Waals surface area contributed by atoms with Crippen LogP contribution in [0.1, 0.15) is 25.5 Å². The molecule has 1 N–H and O–H groups in total. The number of halogens is 2. The summed E-state index contributed by atoms with van der Waals surface area (Å²) in [4.78, 5) is 23.6. The van der Waals surface area contributed by atoms with Gasteiger partial charge in [-0.2, -0.15) is 0 Å². The van der Waals surface area contributed by atoms with Crippen LogP contribution < -0.4 is 0 Å². The molecule has 0 saturated carbocycles. The van der Waals surface area contributed by atoms with Crippen LogP contribution in [0.4, 0.5) is 8.78 Å². The molecular formula is C12H13F2NO3. The maximum absolute atomic E-state index is 13.1. The molecule has 0 radical (unpaired) electrons. The van der Waals surface area contributed by atoms with Gasteiger partial charge in [0.15, 0.2) is 17.7 Å². The lowest BCUT2D eigenvalue weighted by molar-refractivity contribution is -0.149. The molecule has 6 heteroatoms. The second-order valence-electron chi connectivity index (χ2n) is 3.72. The summed E-state index contributed by atoms with van der Waals surface area (Å²) in [7, 11) is 0. The van der Waals surface area contributed by atoms with Crippen LogP contribution in [0.25, 0.3) is 0 Å². The molecule has 98 valence electrons. The van der Waals surface area contributed by atoms with Crippen molar-refractivity contribution in [1.82, 2.24) is 4.90 Å². The minimum atomic E-state index is -1.32. The van der Waals surface area contributed by atoms with Crippen molar-refractivity contribution in [1.29, 1.82) is 0 Å². The van der Waals surface area contributed by atoms with E-state index in [0.29, 0.717) is 0 Å². The van der Waals surface area contributed by atoms with Gasteiger partial charge in [-0.15, -0.1) is 0 Å². The Morgan fingerprint density at radius 2 is 1.94 bits per heavy atom. The van der Waals surface area contributed by atoms with Gasteiger partial charge in [-0.05, 0) is 24.6 Å². The third-order valence-corrected chi connectivity index (χ3v) is 2.55. The second-order valence-corrected chi connectivity index (χ2v) is 3.72. The number of likely N-dealkylation sites (N-methyl/N-ethyl adjacent to an activating group) is 1. The van der Waals surface area contributed by atoms with E-state index in [0.717, 1.165) is 23.1 Å². The maximum atomic E-state index is 13.1. The van der Waals surface area contributed by atoms with E-state index in [1.807, 2.05) is 0 Å². The minimum Gasteiger partial charge on any atom is -0.479 e. The Labute approximate surface area is 103 Å². The molecule has 1 atom stereocenters. The zero-order valence-corrected chi connectivity index (χ0v) is 9.98. The van der Waals surface area contributed by atoms with Gasteiger partial charge in [0, 0.05) is 13.5 Å². The molecule has 0 aromatic heterocycles. The topological polar surface area (TPSA) is 57.6 Å². The first kappa shape index (κ1) is 14.1. The third-order valence-electron chi connectivity index (χ3n) is 2.55. The molecule has 0 heterocycles. The lowest BCUT2D eigenvalue weighted by Gasteiger charge is -2.26. The molecule has 0 aliphatic heterocycles. The van der Waals surface area contributed by atoms with Gasteiger partial charge in [0.1, 0.15) is 0 Å². The molecule has 0 saturated heterocycles. The largest absolute Gasteiger partial charge is 0.479 e. The van der Waals surface area contributed by atoms with Crippen molar-refractivity contribution < 1.29 is 23.5 Å². The number of aliphatic carboxylic acids is 1. The molecule has 1 amide bonds. The van der Waals surface area contributed by atoms with E-state index in [-0.39, 0.29) is 12.1 Å². The number of hydrogen-bond acceptors (Lipinski definition) is 2. The Morgan fingerprint density at radius 1 is 1.33 bits per heavy atom. The second kappa shape index (κ2) is 5.57. The van der Waals surface area contributed by atoms with E-state index in [9.17, 15) is 18.4 Å². The first-order valence-corrected chi connectivity index (χ1v) is 5.33. The molecular weight excluding hydrogens is 244 g/mol. The van der Waals surface area contributed by atoms with E-state index in [2.05, 4.69) is 0 Å². The Hall–Kier alpha value is -1.98. The number of hydrogen-bond donors (Lipinski definition) is 1. The lowest BCUT2D eigenvalue weighted by Crippen LogP contribution is -2.37. The number of carbonyl (C=O) groups excluding carboxylic acids is 1. The van der Waals surface area contributed by atoms with Crippen molar-refractivity contribution in [2.24, 2.45) is 0 Å². The highest BCUT2D eigenvalue weighted by Gasteiger charge is 2.28. The maximum Gasteiger partial charge on any atom is 0.331 e. The Morgan fingerprint density at radius 3 is 2.33 bits per heavy atom. The summed E-state index contributed by atoms with van der Waals surface area (Å²) in [5, 5.41) is 9.13. The van der Waals surface area contributed by atoms with Gasteiger partial charge < -0.3 is 10.0 Å². The first-order chi connectivity index (χ1) is 8.38. The fourth-order valence-electron chi connectivity index (χ4n) is 1.73. The van der Waals surface area contributed by atoms with Gasteiger partial charge >= 0.3 is 5.97 Å². The summed E-state index contributed by atoms with van der Waals surface area (Å²) < 4.78 is 25.9. The lowest BCUT2D eigenvalue weighted by atomic mass is 10.0. The van der Waals surface area contributed by atoms with Crippen molar-refractivity contribution >= 4 is 11.9 Å². The number of benzene rings is 1. The molecule has 0 aliphatic rings. The molecule has 0 bridgehead atoms. The van der Waals surface area contributed by atoms with Gasteiger partial charge in [0.05, 0.1) is 0 Å². The van der Waals surface area contributed by atoms with Crippen LogP contribution in [0.5, 0.6) is 0 Å². The average molecular weight is 257 g/mol. The average Bonchev–Trinajstić information content (AvgIpc) is 2.28. The van der Waals surface area contributed by atoms with Crippen LogP contribution in [0, 0.1) is 11.6 Å². The van der Waals surface area contributed by atoms with E-state index < -0.39 is 29.6 Å². The molecule has 0 fully saturated rings.